The summed E-state index contributed by atoms with van der Waals surface area (Å²) < 4.78 is 2.58. The number of aromatic nitrogens is 2. The van der Waals surface area contributed by atoms with Crippen LogP contribution in [0, 0.1) is 0 Å². The van der Waals surface area contributed by atoms with Gasteiger partial charge in [-0.05, 0) is 41.7 Å². The third-order valence-corrected chi connectivity index (χ3v) is 3.48. The van der Waals surface area contributed by atoms with Gasteiger partial charge in [0, 0.05) is 18.3 Å². The molecule has 3 N–H and O–H groups in total. The van der Waals surface area contributed by atoms with Crippen LogP contribution in [0.4, 0.5) is 0 Å². The first-order chi connectivity index (χ1) is 6.58. The molecular formula is C9H14BrN3O. The molecule has 0 fully saturated rings. The molecule has 1 unspecified atom stereocenters. The Bertz CT molecular complexity index is 363. The van der Waals surface area contributed by atoms with E-state index < -0.39 is 5.60 Å². The molecule has 4 nitrogen and oxygen atoms in total. The van der Waals surface area contributed by atoms with Crippen LogP contribution in [0.15, 0.2) is 4.60 Å². The van der Waals surface area contributed by atoms with Crippen molar-refractivity contribution in [3.05, 3.63) is 15.9 Å². The lowest BCUT2D eigenvalue weighted by molar-refractivity contribution is 0.0312. The summed E-state index contributed by atoms with van der Waals surface area (Å²) in [5.74, 6) is 0. The second-order valence-corrected chi connectivity index (χ2v) is 4.56. The maximum absolute atomic E-state index is 10.4. The van der Waals surface area contributed by atoms with Crippen molar-refractivity contribution in [3.63, 3.8) is 0 Å². The second-order valence-electron chi connectivity index (χ2n) is 3.81. The standard InChI is InChI=1S/C9H14BrN3O/c1-13-6-2-3-9(14,4-5-11)7(6)8(10)12-13/h14H,2-5,11H2,1H3. The van der Waals surface area contributed by atoms with Crippen molar-refractivity contribution in [2.45, 2.75) is 24.9 Å². The molecule has 1 aromatic rings. The van der Waals surface area contributed by atoms with E-state index in [4.69, 9.17) is 5.73 Å². The van der Waals surface area contributed by atoms with Crippen molar-refractivity contribution in [1.29, 1.82) is 0 Å². The summed E-state index contributed by atoms with van der Waals surface area (Å²) in [5, 5.41) is 14.6. The molecule has 1 aliphatic carbocycles. The largest absolute Gasteiger partial charge is 0.385 e. The lowest BCUT2D eigenvalue weighted by Crippen LogP contribution is -2.26. The highest BCUT2D eigenvalue weighted by atomic mass is 79.9. The van der Waals surface area contributed by atoms with E-state index in [0.29, 0.717) is 13.0 Å². The predicted molar refractivity (Wildman–Crippen MR) is 56.8 cm³/mol. The van der Waals surface area contributed by atoms with Crippen LogP contribution in [0.1, 0.15) is 24.1 Å². The SMILES string of the molecule is Cn1nc(Br)c2c1CCC2(O)CCN. The van der Waals surface area contributed by atoms with E-state index in [9.17, 15) is 5.11 Å². The molecule has 0 aromatic carbocycles. The number of nitrogens with two attached hydrogens (primary N) is 1. The summed E-state index contributed by atoms with van der Waals surface area (Å²) >= 11 is 3.38. The Labute approximate surface area is 91.2 Å². The number of fused-ring (bicyclic) bond motifs is 1. The third kappa shape index (κ3) is 1.31. The first-order valence-electron chi connectivity index (χ1n) is 4.73. The zero-order valence-corrected chi connectivity index (χ0v) is 9.71. The number of aliphatic hydroxyl groups is 1. The topological polar surface area (TPSA) is 64.1 Å². The fourth-order valence-electron chi connectivity index (χ4n) is 2.21. The Balaban J connectivity index is 2.47. The molecule has 78 valence electrons. The van der Waals surface area contributed by atoms with Gasteiger partial charge in [-0.2, -0.15) is 5.10 Å². The number of nitrogens with zero attached hydrogens (tertiary/aromatic N) is 2. The van der Waals surface area contributed by atoms with Gasteiger partial charge in [-0.3, -0.25) is 4.68 Å². The molecule has 1 aromatic heterocycles. The highest BCUT2D eigenvalue weighted by Gasteiger charge is 2.40. The van der Waals surface area contributed by atoms with Gasteiger partial charge in [0.05, 0.1) is 5.60 Å². The van der Waals surface area contributed by atoms with Crippen LogP contribution in [0.3, 0.4) is 0 Å². The van der Waals surface area contributed by atoms with Crippen LogP contribution in [0.2, 0.25) is 0 Å². The monoisotopic (exact) mass is 259 g/mol. The summed E-state index contributed by atoms with van der Waals surface area (Å²) in [7, 11) is 1.90. The first-order valence-corrected chi connectivity index (χ1v) is 5.52. The lowest BCUT2D eigenvalue weighted by Gasteiger charge is -2.21. The van der Waals surface area contributed by atoms with Crippen molar-refractivity contribution in [3.8, 4) is 0 Å². The van der Waals surface area contributed by atoms with E-state index in [2.05, 4.69) is 21.0 Å². The smallest absolute Gasteiger partial charge is 0.134 e. The highest BCUT2D eigenvalue weighted by Crippen LogP contribution is 2.42. The first kappa shape index (κ1) is 10.1. The van der Waals surface area contributed by atoms with Crippen LogP contribution in [-0.2, 0) is 19.1 Å². The van der Waals surface area contributed by atoms with E-state index in [1.807, 2.05) is 11.7 Å². The average Bonchev–Trinajstić information content (AvgIpc) is 2.56. The quantitative estimate of drug-likeness (QED) is 0.821. The minimum Gasteiger partial charge on any atom is -0.385 e. The number of hydrogen-bond acceptors (Lipinski definition) is 3. The van der Waals surface area contributed by atoms with Crippen molar-refractivity contribution < 1.29 is 5.11 Å². The van der Waals surface area contributed by atoms with E-state index in [-0.39, 0.29) is 0 Å². The van der Waals surface area contributed by atoms with Crippen LogP contribution in [-0.4, -0.2) is 21.4 Å². The van der Waals surface area contributed by atoms with Gasteiger partial charge in [-0.1, -0.05) is 0 Å². The zero-order chi connectivity index (χ0) is 10.3. The number of hydrogen-bond donors (Lipinski definition) is 2. The van der Waals surface area contributed by atoms with Crippen LogP contribution >= 0.6 is 15.9 Å². The van der Waals surface area contributed by atoms with Gasteiger partial charge in [0.1, 0.15) is 4.60 Å². The summed E-state index contributed by atoms with van der Waals surface area (Å²) in [4.78, 5) is 0. The maximum Gasteiger partial charge on any atom is 0.134 e. The van der Waals surface area contributed by atoms with Gasteiger partial charge in [0.25, 0.3) is 0 Å². The molecule has 0 amide bonds. The van der Waals surface area contributed by atoms with E-state index >= 15 is 0 Å². The molecule has 0 radical (unpaired) electrons. The normalized spacial score (nSPS) is 25.4. The number of halogens is 1. The summed E-state index contributed by atoms with van der Waals surface area (Å²) in [5.41, 5.74) is 6.79. The minimum atomic E-state index is -0.767. The predicted octanol–water partition coefficient (Wildman–Crippen LogP) is 0.665. The lowest BCUT2D eigenvalue weighted by atomic mass is 9.94. The highest BCUT2D eigenvalue weighted by molar-refractivity contribution is 9.10. The summed E-state index contributed by atoms with van der Waals surface area (Å²) in [6.07, 6.45) is 2.23. The van der Waals surface area contributed by atoms with Crippen LogP contribution < -0.4 is 5.73 Å². The molecule has 0 saturated heterocycles. The van der Waals surface area contributed by atoms with E-state index in [0.717, 1.165) is 28.7 Å². The van der Waals surface area contributed by atoms with E-state index in [1.54, 1.807) is 0 Å². The van der Waals surface area contributed by atoms with Gasteiger partial charge in [-0.25, -0.2) is 0 Å². The molecule has 1 atom stereocenters. The fourth-order valence-corrected chi connectivity index (χ4v) is 3.05. The molecular weight excluding hydrogens is 246 g/mol. The Hall–Kier alpha value is -0.390. The molecule has 14 heavy (non-hydrogen) atoms. The van der Waals surface area contributed by atoms with E-state index in [1.165, 1.54) is 0 Å². The number of rotatable bonds is 2. The van der Waals surface area contributed by atoms with Crippen LogP contribution in [0.25, 0.3) is 0 Å². The number of aryl methyl sites for hydroxylation is 1. The Morgan fingerprint density at radius 3 is 3.07 bits per heavy atom. The molecule has 0 aliphatic heterocycles. The molecule has 0 saturated carbocycles. The van der Waals surface area contributed by atoms with Crippen molar-refractivity contribution >= 4 is 15.9 Å². The second kappa shape index (κ2) is 3.32. The molecule has 1 aliphatic rings. The van der Waals surface area contributed by atoms with Gasteiger partial charge in [0.15, 0.2) is 0 Å². The third-order valence-electron chi connectivity index (χ3n) is 2.92. The Kier molecular flexibility index (Phi) is 2.41. The van der Waals surface area contributed by atoms with Gasteiger partial charge >= 0.3 is 0 Å². The molecule has 0 bridgehead atoms. The molecule has 0 spiro atoms. The Morgan fingerprint density at radius 2 is 2.43 bits per heavy atom. The zero-order valence-electron chi connectivity index (χ0n) is 8.13. The minimum absolute atomic E-state index is 0.497. The molecule has 2 rings (SSSR count). The Morgan fingerprint density at radius 1 is 1.71 bits per heavy atom. The van der Waals surface area contributed by atoms with Gasteiger partial charge in [-0.15, -0.1) is 0 Å². The van der Waals surface area contributed by atoms with Crippen LogP contribution in [0.5, 0.6) is 0 Å². The van der Waals surface area contributed by atoms with Crippen molar-refractivity contribution in [2.75, 3.05) is 6.54 Å². The van der Waals surface area contributed by atoms with Gasteiger partial charge < -0.3 is 10.8 Å². The van der Waals surface area contributed by atoms with Crippen molar-refractivity contribution in [1.82, 2.24) is 9.78 Å². The maximum atomic E-state index is 10.4. The average molecular weight is 260 g/mol. The molecule has 1 heterocycles. The summed E-state index contributed by atoms with van der Waals surface area (Å²) in [6.45, 7) is 0.497. The fraction of sp³-hybridized carbons (Fsp3) is 0.667. The van der Waals surface area contributed by atoms with Gasteiger partial charge in [0.2, 0.25) is 0 Å². The van der Waals surface area contributed by atoms with Crippen molar-refractivity contribution in [2.24, 2.45) is 12.8 Å². The summed E-state index contributed by atoms with van der Waals surface area (Å²) in [6, 6.07) is 0. The molecule has 5 heteroatoms.